The number of anilines is 1. The third-order valence-corrected chi connectivity index (χ3v) is 5.68. The molecule has 4 rings (SSSR count). The number of ketones is 1. The molecule has 1 aromatic carbocycles. The van der Waals surface area contributed by atoms with Crippen molar-refractivity contribution in [1.82, 2.24) is 20.4 Å². The highest BCUT2D eigenvalue weighted by molar-refractivity contribution is 6.11. The number of hydrogen-bond acceptors (Lipinski definition) is 6. The number of Topliss-reactive ketones (excluding diaryl/α,β-unsaturated/α-hetero) is 1. The number of nitrogens with zero attached hydrogens (tertiary/aromatic N) is 3. The molecule has 162 valence electrons. The van der Waals surface area contributed by atoms with Crippen molar-refractivity contribution in [2.24, 2.45) is 0 Å². The topological polar surface area (TPSA) is 118 Å². The summed E-state index contributed by atoms with van der Waals surface area (Å²) in [5, 5.41) is 9.90. The molecule has 3 N–H and O–H groups in total. The second-order valence-corrected chi connectivity index (χ2v) is 7.71. The van der Waals surface area contributed by atoms with Crippen LogP contribution < -0.4 is 11.1 Å². The van der Waals surface area contributed by atoms with Gasteiger partial charge in [-0.1, -0.05) is 6.07 Å². The molecule has 2 aromatic rings. The Hall–Kier alpha value is -3.50. The van der Waals surface area contributed by atoms with Crippen LogP contribution in [0.3, 0.4) is 0 Å². The maximum Gasteiger partial charge on any atom is 0.325 e. The van der Waals surface area contributed by atoms with E-state index in [1.54, 1.807) is 0 Å². The lowest BCUT2D eigenvalue weighted by molar-refractivity contribution is -0.135. The molecule has 3 amide bonds. The molecule has 31 heavy (non-hydrogen) atoms. The normalized spacial score (nSPS) is 19.5. The van der Waals surface area contributed by atoms with Crippen LogP contribution in [-0.2, 0) is 4.79 Å². The summed E-state index contributed by atoms with van der Waals surface area (Å²) in [6, 6.07) is 4.22. The van der Waals surface area contributed by atoms with Gasteiger partial charge in [-0.2, -0.15) is 5.10 Å². The molecule has 0 atom stereocenters. The molecule has 2 aliphatic rings. The van der Waals surface area contributed by atoms with Crippen molar-refractivity contribution < 1.29 is 27.6 Å². The molecule has 2 heterocycles. The molecule has 1 aromatic heterocycles. The van der Waals surface area contributed by atoms with Crippen LogP contribution in [0.5, 0.6) is 0 Å². The SMILES string of the molecule is Nc1ccnnc1-c1ccc(C(=O)CN2C(=O)NC3(CCC(F)(F)CC3)C2=O)cc1F. The third kappa shape index (κ3) is 3.71. The van der Waals surface area contributed by atoms with Crippen LogP contribution in [0.1, 0.15) is 36.0 Å². The van der Waals surface area contributed by atoms with Gasteiger partial charge in [-0.25, -0.2) is 18.0 Å². The molecule has 1 aliphatic carbocycles. The molecule has 2 fully saturated rings. The molecule has 1 spiro atoms. The minimum absolute atomic E-state index is 0.0410. The average Bonchev–Trinajstić information content (AvgIpc) is 2.95. The zero-order valence-electron chi connectivity index (χ0n) is 16.2. The highest BCUT2D eigenvalue weighted by Crippen LogP contribution is 2.41. The fraction of sp³-hybridized carbons (Fsp3) is 0.350. The summed E-state index contributed by atoms with van der Waals surface area (Å²) < 4.78 is 41.5. The molecule has 8 nitrogen and oxygen atoms in total. The first kappa shape index (κ1) is 20.8. The van der Waals surface area contributed by atoms with E-state index in [0.29, 0.717) is 4.90 Å². The maximum absolute atomic E-state index is 14.6. The smallest absolute Gasteiger partial charge is 0.325 e. The fourth-order valence-electron chi connectivity index (χ4n) is 3.87. The summed E-state index contributed by atoms with van der Waals surface area (Å²) in [5.41, 5.74) is 4.64. The van der Waals surface area contributed by atoms with Gasteiger partial charge in [-0.05, 0) is 31.0 Å². The highest BCUT2D eigenvalue weighted by Gasteiger charge is 2.55. The van der Waals surface area contributed by atoms with Gasteiger partial charge in [-0.15, -0.1) is 5.10 Å². The first-order valence-electron chi connectivity index (χ1n) is 9.54. The van der Waals surface area contributed by atoms with Crippen molar-refractivity contribution in [1.29, 1.82) is 0 Å². The van der Waals surface area contributed by atoms with E-state index in [2.05, 4.69) is 15.5 Å². The van der Waals surface area contributed by atoms with Crippen molar-refractivity contribution in [2.75, 3.05) is 12.3 Å². The number of hydrogen-bond donors (Lipinski definition) is 2. The maximum atomic E-state index is 14.6. The Kier molecular flexibility index (Phi) is 4.91. The van der Waals surface area contributed by atoms with Crippen LogP contribution in [0.25, 0.3) is 11.3 Å². The summed E-state index contributed by atoms with van der Waals surface area (Å²) in [6.45, 7) is -0.630. The molecular weight excluding hydrogens is 415 g/mol. The third-order valence-electron chi connectivity index (χ3n) is 5.68. The number of aromatic nitrogens is 2. The van der Waals surface area contributed by atoms with Crippen molar-refractivity contribution in [3.05, 3.63) is 41.8 Å². The number of carbonyl (C=O) groups is 3. The monoisotopic (exact) mass is 433 g/mol. The molecule has 0 radical (unpaired) electrons. The number of alkyl halides is 2. The Labute approximate surface area is 174 Å². The Bertz CT molecular complexity index is 1080. The quantitative estimate of drug-likeness (QED) is 0.565. The number of imide groups is 1. The van der Waals surface area contributed by atoms with E-state index >= 15 is 0 Å². The number of nitrogen functional groups attached to an aromatic ring is 1. The Balaban J connectivity index is 1.51. The van der Waals surface area contributed by atoms with Gasteiger partial charge in [0.25, 0.3) is 5.91 Å². The summed E-state index contributed by atoms with van der Waals surface area (Å²) in [7, 11) is 0. The summed E-state index contributed by atoms with van der Waals surface area (Å²) in [5.74, 6) is -5.06. The molecule has 1 aliphatic heterocycles. The van der Waals surface area contributed by atoms with Crippen molar-refractivity contribution in [2.45, 2.75) is 37.1 Å². The van der Waals surface area contributed by atoms with Crippen molar-refractivity contribution in [3.8, 4) is 11.3 Å². The lowest BCUT2D eigenvalue weighted by atomic mass is 9.80. The van der Waals surface area contributed by atoms with Crippen LogP contribution in [0, 0.1) is 5.82 Å². The van der Waals surface area contributed by atoms with Crippen LogP contribution in [0.2, 0.25) is 0 Å². The van der Waals surface area contributed by atoms with Gasteiger partial charge in [0.1, 0.15) is 17.1 Å². The van der Waals surface area contributed by atoms with E-state index in [9.17, 15) is 27.6 Å². The van der Waals surface area contributed by atoms with E-state index in [0.717, 1.165) is 6.07 Å². The van der Waals surface area contributed by atoms with E-state index in [1.807, 2.05) is 0 Å². The summed E-state index contributed by atoms with van der Waals surface area (Å²) >= 11 is 0. The van der Waals surface area contributed by atoms with E-state index in [-0.39, 0.29) is 35.3 Å². The number of urea groups is 1. The predicted octanol–water partition coefficient (Wildman–Crippen LogP) is 2.55. The molecular formula is C20H18F3N5O3. The van der Waals surface area contributed by atoms with Crippen molar-refractivity contribution >= 4 is 23.4 Å². The van der Waals surface area contributed by atoms with Crippen molar-refractivity contribution in [3.63, 3.8) is 0 Å². The number of amides is 3. The number of halogens is 3. The van der Waals surface area contributed by atoms with Gasteiger partial charge in [0.2, 0.25) is 5.92 Å². The number of nitrogens with two attached hydrogens (primary N) is 1. The first-order chi connectivity index (χ1) is 14.6. The summed E-state index contributed by atoms with van der Waals surface area (Å²) in [4.78, 5) is 38.3. The predicted molar refractivity (Wildman–Crippen MR) is 103 cm³/mol. The van der Waals surface area contributed by atoms with E-state index in [1.165, 1.54) is 24.4 Å². The Morgan fingerprint density at radius 3 is 2.52 bits per heavy atom. The minimum Gasteiger partial charge on any atom is -0.397 e. The van der Waals surface area contributed by atoms with Crippen LogP contribution >= 0.6 is 0 Å². The minimum atomic E-state index is -2.88. The van der Waals surface area contributed by atoms with Crippen LogP contribution in [-0.4, -0.2) is 50.8 Å². The summed E-state index contributed by atoms with van der Waals surface area (Å²) in [6.07, 6.45) is -0.124. The highest BCUT2D eigenvalue weighted by atomic mass is 19.3. The Morgan fingerprint density at radius 2 is 1.87 bits per heavy atom. The molecule has 1 saturated heterocycles. The zero-order valence-corrected chi connectivity index (χ0v) is 16.2. The molecule has 0 bridgehead atoms. The molecule has 1 saturated carbocycles. The molecule has 11 heteroatoms. The van der Waals surface area contributed by atoms with E-state index < -0.39 is 54.4 Å². The number of rotatable bonds is 4. The molecule has 0 unspecified atom stereocenters. The fourth-order valence-corrected chi connectivity index (χ4v) is 3.87. The number of carbonyl (C=O) groups excluding carboxylic acids is 3. The van der Waals surface area contributed by atoms with Gasteiger partial charge in [0.05, 0.1) is 18.4 Å². The van der Waals surface area contributed by atoms with Gasteiger partial charge in [0.15, 0.2) is 5.78 Å². The lowest BCUT2D eigenvalue weighted by Crippen LogP contribution is -2.51. The standard InChI is InChI=1S/C20H18F3N5O3/c21-13-9-11(1-2-12(13)16-14(24)3-8-25-27-16)15(29)10-28-17(30)19(26-18(28)31)4-6-20(22,23)7-5-19/h1-3,8-9H,4-7,10H2,(H2,24,25)(H,26,31). The Morgan fingerprint density at radius 1 is 1.16 bits per heavy atom. The van der Waals surface area contributed by atoms with Crippen LogP contribution in [0.4, 0.5) is 23.7 Å². The van der Waals surface area contributed by atoms with Gasteiger partial charge < -0.3 is 11.1 Å². The van der Waals surface area contributed by atoms with Gasteiger partial charge in [0, 0.05) is 24.0 Å². The number of benzene rings is 1. The van der Waals surface area contributed by atoms with Gasteiger partial charge in [-0.3, -0.25) is 14.5 Å². The second-order valence-electron chi connectivity index (χ2n) is 7.71. The largest absolute Gasteiger partial charge is 0.397 e. The number of nitrogens with one attached hydrogen (secondary N) is 1. The van der Waals surface area contributed by atoms with E-state index in [4.69, 9.17) is 5.73 Å². The first-order valence-corrected chi connectivity index (χ1v) is 9.54. The van der Waals surface area contributed by atoms with Gasteiger partial charge >= 0.3 is 6.03 Å². The lowest BCUT2D eigenvalue weighted by Gasteiger charge is -2.34. The zero-order chi connectivity index (χ0) is 22.4. The second kappa shape index (κ2) is 7.33. The van der Waals surface area contributed by atoms with Crippen LogP contribution in [0.15, 0.2) is 30.5 Å². The average molecular weight is 433 g/mol.